The van der Waals surface area contributed by atoms with E-state index < -0.39 is 0 Å². The van der Waals surface area contributed by atoms with Gasteiger partial charge in [-0.15, -0.1) is 0 Å². The molecule has 1 aromatic rings. The Balaban J connectivity index is 1.71. The summed E-state index contributed by atoms with van der Waals surface area (Å²) in [5.74, 6) is 0.955. The van der Waals surface area contributed by atoms with Gasteiger partial charge in [0, 0.05) is 19.1 Å². The molecule has 0 saturated carbocycles. The summed E-state index contributed by atoms with van der Waals surface area (Å²) in [7, 11) is 0. The number of nitrogens with zero attached hydrogens (tertiary/aromatic N) is 1. The minimum atomic E-state index is 0.399. The van der Waals surface area contributed by atoms with Crippen LogP contribution in [0.5, 0.6) is 5.75 Å². The molecular formula is C17H28N2O. The first-order valence-corrected chi connectivity index (χ1v) is 7.98. The van der Waals surface area contributed by atoms with Crippen LogP contribution >= 0.6 is 0 Å². The monoisotopic (exact) mass is 276 g/mol. The molecule has 1 fully saturated rings. The first-order valence-electron chi connectivity index (χ1n) is 7.98. The van der Waals surface area contributed by atoms with Crippen molar-refractivity contribution in [2.24, 2.45) is 0 Å². The minimum absolute atomic E-state index is 0.399. The van der Waals surface area contributed by atoms with Crippen LogP contribution in [0, 0.1) is 0 Å². The highest BCUT2D eigenvalue weighted by Crippen LogP contribution is 2.17. The summed E-state index contributed by atoms with van der Waals surface area (Å²) in [6.45, 7) is 9.75. The number of nitrogens with one attached hydrogen (secondary N) is 1. The molecule has 1 saturated heterocycles. The second-order valence-electron chi connectivity index (χ2n) is 5.58. The Bertz CT molecular complexity index is 371. The zero-order chi connectivity index (χ0) is 14.2. The molecule has 0 spiro atoms. The molecule has 0 amide bonds. The van der Waals surface area contributed by atoms with Crippen LogP contribution in [0.15, 0.2) is 24.3 Å². The molecule has 1 unspecified atom stereocenters. The molecule has 1 aliphatic heterocycles. The number of rotatable bonds is 7. The maximum atomic E-state index is 5.47. The van der Waals surface area contributed by atoms with Gasteiger partial charge in [0.1, 0.15) is 5.75 Å². The molecule has 1 aliphatic rings. The van der Waals surface area contributed by atoms with E-state index in [-0.39, 0.29) is 0 Å². The Morgan fingerprint density at radius 1 is 1.15 bits per heavy atom. The highest BCUT2D eigenvalue weighted by atomic mass is 16.5. The van der Waals surface area contributed by atoms with E-state index in [1.165, 1.54) is 44.5 Å². The summed E-state index contributed by atoms with van der Waals surface area (Å²) in [5, 5.41) is 3.62. The van der Waals surface area contributed by atoms with Gasteiger partial charge in [0.05, 0.1) is 6.61 Å². The largest absolute Gasteiger partial charge is 0.494 e. The highest BCUT2D eigenvalue weighted by molar-refractivity contribution is 5.28. The van der Waals surface area contributed by atoms with Crippen LogP contribution in [-0.2, 0) is 0 Å². The number of hydrogen-bond donors (Lipinski definition) is 1. The molecule has 0 aliphatic carbocycles. The number of ether oxygens (including phenoxy) is 1. The van der Waals surface area contributed by atoms with Crippen molar-refractivity contribution in [2.45, 2.75) is 39.2 Å². The third kappa shape index (κ3) is 4.80. The summed E-state index contributed by atoms with van der Waals surface area (Å²) < 4.78 is 5.47. The average Bonchev–Trinajstić information content (AvgIpc) is 2.49. The van der Waals surface area contributed by atoms with Crippen molar-refractivity contribution >= 4 is 0 Å². The molecule has 1 N–H and O–H groups in total. The predicted molar refractivity (Wildman–Crippen MR) is 84.3 cm³/mol. The van der Waals surface area contributed by atoms with Crippen molar-refractivity contribution in [3.05, 3.63) is 29.8 Å². The van der Waals surface area contributed by atoms with Gasteiger partial charge in [-0.25, -0.2) is 0 Å². The molecule has 0 bridgehead atoms. The Hall–Kier alpha value is -1.06. The number of piperidine rings is 1. The Morgan fingerprint density at radius 3 is 2.50 bits per heavy atom. The second kappa shape index (κ2) is 8.28. The fourth-order valence-electron chi connectivity index (χ4n) is 2.76. The van der Waals surface area contributed by atoms with E-state index in [9.17, 15) is 0 Å². The fourth-order valence-corrected chi connectivity index (χ4v) is 2.76. The van der Waals surface area contributed by atoms with Gasteiger partial charge in [-0.3, -0.25) is 0 Å². The van der Waals surface area contributed by atoms with Crippen molar-refractivity contribution in [3.8, 4) is 5.75 Å². The van der Waals surface area contributed by atoms with Crippen LogP contribution in [0.1, 0.15) is 44.7 Å². The molecule has 3 heteroatoms. The van der Waals surface area contributed by atoms with Crippen molar-refractivity contribution in [2.75, 3.05) is 32.8 Å². The third-order valence-corrected chi connectivity index (χ3v) is 4.02. The second-order valence-corrected chi connectivity index (χ2v) is 5.58. The summed E-state index contributed by atoms with van der Waals surface area (Å²) >= 11 is 0. The average molecular weight is 276 g/mol. The zero-order valence-corrected chi connectivity index (χ0v) is 12.9. The maximum Gasteiger partial charge on any atom is 0.119 e. The lowest BCUT2D eigenvalue weighted by Crippen LogP contribution is -2.36. The van der Waals surface area contributed by atoms with E-state index in [0.717, 1.165) is 18.9 Å². The summed E-state index contributed by atoms with van der Waals surface area (Å²) in [6, 6.07) is 8.83. The third-order valence-electron chi connectivity index (χ3n) is 4.02. The molecule has 1 heterocycles. The first-order chi connectivity index (χ1) is 9.79. The Labute approximate surface area is 123 Å². The summed E-state index contributed by atoms with van der Waals surface area (Å²) in [6.07, 6.45) is 4.15. The van der Waals surface area contributed by atoms with Crippen LogP contribution < -0.4 is 10.1 Å². The molecule has 2 rings (SSSR count). The van der Waals surface area contributed by atoms with E-state index in [2.05, 4.69) is 41.4 Å². The van der Waals surface area contributed by atoms with Gasteiger partial charge < -0.3 is 15.0 Å². The molecule has 20 heavy (non-hydrogen) atoms. The SMILES string of the molecule is CCOc1ccc(C(C)NCCN2CCCCC2)cc1. The van der Waals surface area contributed by atoms with E-state index in [1.54, 1.807) is 0 Å². The van der Waals surface area contributed by atoms with Gasteiger partial charge in [-0.2, -0.15) is 0 Å². The van der Waals surface area contributed by atoms with Crippen molar-refractivity contribution in [1.82, 2.24) is 10.2 Å². The molecule has 0 aromatic heterocycles. The van der Waals surface area contributed by atoms with Crippen LogP contribution in [-0.4, -0.2) is 37.7 Å². The standard InChI is InChI=1S/C17H28N2O/c1-3-20-17-9-7-16(8-10-17)15(2)18-11-14-19-12-5-4-6-13-19/h7-10,15,18H,3-6,11-14H2,1-2H3. The van der Waals surface area contributed by atoms with E-state index in [4.69, 9.17) is 4.74 Å². The lowest BCUT2D eigenvalue weighted by atomic mass is 10.1. The fraction of sp³-hybridized carbons (Fsp3) is 0.647. The number of likely N-dealkylation sites (tertiary alicyclic amines) is 1. The van der Waals surface area contributed by atoms with E-state index >= 15 is 0 Å². The molecular weight excluding hydrogens is 248 g/mol. The number of hydrogen-bond acceptors (Lipinski definition) is 3. The highest BCUT2D eigenvalue weighted by Gasteiger charge is 2.10. The molecule has 1 aromatic carbocycles. The molecule has 3 nitrogen and oxygen atoms in total. The molecule has 1 atom stereocenters. The van der Waals surface area contributed by atoms with Gasteiger partial charge in [0.15, 0.2) is 0 Å². The topological polar surface area (TPSA) is 24.5 Å². The first kappa shape index (κ1) is 15.3. The lowest BCUT2D eigenvalue weighted by Gasteiger charge is -2.27. The van der Waals surface area contributed by atoms with Crippen LogP contribution in [0.3, 0.4) is 0 Å². The molecule has 112 valence electrons. The number of benzene rings is 1. The summed E-state index contributed by atoms with van der Waals surface area (Å²) in [5.41, 5.74) is 1.33. The lowest BCUT2D eigenvalue weighted by molar-refractivity contribution is 0.227. The van der Waals surface area contributed by atoms with Crippen molar-refractivity contribution < 1.29 is 4.74 Å². The van der Waals surface area contributed by atoms with Gasteiger partial charge in [-0.1, -0.05) is 18.6 Å². The Morgan fingerprint density at radius 2 is 1.85 bits per heavy atom. The smallest absolute Gasteiger partial charge is 0.119 e. The minimum Gasteiger partial charge on any atom is -0.494 e. The van der Waals surface area contributed by atoms with Crippen LogP contribution in [0.2, 0.25) is 0 Å². The van der Waals surface area contributed by atoms with Gasteiger partial charge in [-0.05, 0) is 57.5 Å². The maximum absolute atomic E-state index is 5.47. The Kier molecular flexibility index (Phi) is 6.34. The van der Waals surface area contributed by atoms with E-state index in [1.807, 2.05) is 6.92 Å². The van der Waals surface area contributed by atoms with Crippen molar-refractivity contribution in [1.29, 1.82) is 0 Å². The van der Waals surface area contributed by atoms with Crippen molar-refractivity contribution in [3.63, 3.8) is 0 Å². The zero-order valence-electron chi connectivity index (χ0n) is 12.9. The van der Waals surface area contributed by atoms with Crippen LogP contribution in [0.25, 0.3) is 0 Å². The summed E-state index contributed by atoms with van der Waals surface area (Å²) in [4.78, 5) is 2.57. The van der Waals surface area contributed by atoms with Gasteiger partial charge in [0.25, 0.3) is 0 Å². The molecule has 0 radical (unpaired) electrons. The van der Waals surface area contributed by atoms with E-state index in [0.29, 0.717) is 6.04 Å². The normalized spacial score (nSPS) is 17.9. The predicted octanol–water partition coefficient (Wildman–Crippen LogP) is 3.22. The quantitative estimate of drug-likeness (QED) is 0.827. The van der Waals surface area contributed by atoms with Crippen LogP contribution in [0.4, 0.5) is 0 Å². The van der Waals surface area contributed by atoms with Gasteiger partial charge >= 0.3 is 0 Å². The van der Waals surface area contributed by atoms with Gasteiger partial charge in [0.2, 0.25) is 0 Å².